The molecule has 2 N–H and O–H groups in total. The summed E-state index contributed by atoms with van der Waals surface area (Å²) in [6.07, 6.45) is 2.91. The van der Waals surface area contributed by atoms with Gasteiger partial charge in [0.2, 0.25) is 5.91 Å². The van der Waals surface area contributed by atoms with Gasteiger partial charge in [-0.2, -0.15) is 0 Å². The third kappa shape index (κ3) is 4.24. The minimum atomic E-state index is -0.959. The number of amides is 1. The van der Waals surface area contributed by atoms with Gasteiger partial charge in [0.05, 0.1) is 5.56 Å². The Bertz CT molecular complexity index is 765. The molecule has 1 aliphatic carbocycles. The van der Waals surface area contributed by atoms with Crippen LogP contribution in [-0.4, -0.2) is 23.5 Å². The normalized spacial score (nSPS) is 14.8. The van der Waals surface area contributed by atoms with Crippen molar-refractivity contribution in [1.29, 1.82) is 0 Å². The van der Waals surface area contributed by atoms with Crippen molar-refractivity contribution < 1.29 is 19.1 Å². The van der Waals surface area contributed by atoms with Crippen molar-refractivity contribution >= 4 is 11.9 Å². The lowest BCUT2D eigenvalue weighted by molar-refractivity contribution is -0.121. The van der Waals surface area contributed by atoms with Gasteiger partial charge in [0.1, 0.15) is 5.82 Å². The Hall–Kier alpha value is -2.69. The highest BCUT2D eigenvalue weighted by molar-refractivity contribution is 5.87. The summed E-state index contributed by atoms with van der Waals surface area (Å²) in [5, 5.41) is 11.8. The highest BCUT2D eigenvalue weighted by Crippen LogP contribution is 2.47. The van der Waals surface area contributed by atoms with Gasteiger partial charge in [0.15, 0.2) is 0 Å². The fourth-order valence-electron chi connectivity index (χ4n) is 2.95. The van der Waals surface area contributed by atoms with Crippen LogP contribution in [0.1, 0.15) is 40.7 Å². The van der Waals surface area contributed by atoms with Gasteiger partial charge < -0.3 is 10.4 Å². The zero-order chi connectivity index (χ0) is 17.9. The molecule has 0 unspecified atom stereocenters. The molecule has 0 radical (unpaired) electrons. The first kappa shape index (κ1) is 17.1. The summed E-state index contributed by atoms with van der Waals surface area (Å²) >= 11 is 0. The molecule has 1 fully saturated rings. The highest BCUT2D eigenvalue weighted by atomic mass is 19.1. The summed E-state index contributed by atoms with van der Waals surface area (Å²) in [5.41, 5.74) is 2.19. The number of halogens is 1. The molecule has 0 aliphatic heterocycles. The Morgan fingerprint density at radius 3 is 2.24 bits per heavy atom. The lowest BCUT2D eigenvalue weighted by Crippen LogP contribution is -2.32. The molecule has 0 spiro atoms. The number of carboxylic acid groups (broad SMARTS) is 1. The highest BCUT2D eigenvalue weighted by Gasteiger charge is 2.44. The standard InChI is InChI=1S/C20H20FNO3/c21-17-8-6-16(7-9-17)20(11-12-20)13-22-18(23)10-3-14-1-4-15(5-2-14)19(24)25/h1-2,4-9H,3,10-13H2,(H,22,23)(H,24,25). The number of rotatable bonds is 7. The van der Waals surface area contributed by atoms with E-state index in [1.807, 2.05) is 0 Å². The van der Waals surface area contributed by atoms with Crippen molar-refractivity contribution in [3.63, 3.8) is 0 Å². The van der Waals surface area contributed by atoms with E-state index in [1.165, 1.54) is 12.1 Å². The second kappa shape index (κ2) is 7.05. The van der Waals surface area contributed by atoms with Crippen molar-refractivity contribution in [3.8, 4) is 0 Å². The largest absolute Gasteiger partial charge is 0.478 e. The average molecular weight is 341 g/mol. The van der Waals surface area contributed by atoms with E-state index in [4.69, 9.17) is 5.11 Å². The molecule has 2 aromatic rings. The van der Waals surface area contributed by atoms with Crippen LogP contribution in [0.3, 0.4) is 0 Å². The molecule has 0 heterocycles. The SMILES string of the molecule is O=C(CCc1ccc(C(=O)O)cc1)NCC1(c2ccc(F)cc2)CC1. The predicted octanol–water partition coefficient (Wildman–Crippen LogP) is 3.30. The molecule has 0 bridgehead atoms. The van der Waals surface area contributed by atoms with Crippen LogP contribution in [0.15, 0.2) is 48.5 Å². The van der Waals surface area contributed by atoms with E-state index in [-0.39, 0.29) is 22.7 Å². The number of aryl methyl sites for hydroxylation is 1. The van der Waals surface area contributed by atoms with Crippen molar-refractivity contribution in [3.05, 3.63) is 71.0 Å². The zero-order valence-corrected chi connectivity index (χ0v) is 13.8. The molecule has 1 amide bonds. The molecule has 1 saturated carbocycles. The van der Waals surface area contributed by atoms with Gasteiger partial charge in [-0.15, -0.1) is 0 Å². The molecule has 0 atom stereocenters. The summed E-state index contributed by atoms with van der Waals surface area (Å²) in [5.74, 6) is -1.24. The summed E-state index contributed by atoms with van der Waals surface area (Å²) < 4.78 is 13.0. The lowest BCUT2D eigenvalue weighted by atomic mass is 9.96. The average Bonchev–Trinajstić information content (AvgIpc) is 3.40. The Kier molecular flexibility index (Phi) is 4.83. The molecule has 4 nitrogen and oxygen atoms in total. The van der Waals surface area contributed by atoms with Crippen molar-refractivity contribution in [2.45, 2.75) is 31.1 Å². The van der Waals surface area contributed by atoms with Gasteiger partial charge >= 0.3 is 5.97 Å². The number of benzene rings is 2. The fourth-order valence-corrected chi connectivity index (χ4v) is 2.95. The van der Waals surface area contributed by atoms with E-state index in [2.05, 4.69) is 5.32 Å². The van der Waals surface area contributed by atoms with E-state index in [1.54, 1.807) is 36.4 Å². The van der Waals surface area contributed by atoms with Crippen LogP contribution in [0.5, 0.6) is 0 Å². The van der Waals surface area contributed by atoms with Gasteiger partial charge in [-0.05, 0) is 54.7 Å². The molecule has 5 heteroatoms. The number of hydrogen-bond donors (Lipinski definition) is 2. The number of nitrogens with one attached hydrogen (secondary N) is 1. The molecule has 25 heavy (non-hydrogen) atoms. The number of hydrogen-bond acceptors (Lipinski definition) is 2. The van der Waals surface area contributed by atoms with Crippen LogP contribution in [0, 0.1) is 5.82 Å². The molecular formula is C20H20FNO3. The van der Waals surface area contributed by atoms with Crippen LogP contribution < -0.4 is 5.32 Å². The Morgan fingerprint density at radius 1 is 1.04 bits per heavy atom. The second-order valence-electron chi connectivity index (χ2n) is 6.57. The minimum absolute atomic E-state index is 0.0318. The Balaban J connectivity index is 1.48. The van der Waals surface area contributed by atoms with Crippen LogP contribution >= 0.6 is 0 Å². The zero-order valence-electron chi connectivity index (χ0n) is 13.8. The van der Waals surface area contributed by atoms with E-state index >= 15 is 0 Å². The molecule has 0 aromatic heterocycles. The smallest absolute Gasteiger partial charge is 0.335 e. The molecule has 2 aromatic carbocycles. The monoisotopic (exact) mass is 341 g/mol. The molecule has 3 rings (SSSR count). The van der Waals surface area contributed by atoms with Gasteiger partial charge in [-0.25, -0.2) is 9.18 Å². The Morgan fingerprint density at radius 2 is 1.68 bits per heavy atom. The molecular weight excluding hydrogens is 321 g/mol. The maximum absolute atomic E-state index is 13.0. The van der Waals surface area contributed by atoms with Gasteiger partial charge in [-0.1, -0.05) is 24.3 Å². The maximum atomic E-state index is 13.0. The third-order valence-corrected chi connectivity index (χ3v) is 4.78. The van der Waals surface area contributed by atoms with Crippen LogP contribution in [0.25, 0.3) is 0 Å². The van der Waals surface area contributed by atoms with Gasteiger partial charge in [-0.3, -0.25) is 4.79 Å². The van der Waals surface area contributed by atoms with E-state index in [0.29, 0.717) is 19.4 Å². The van der Waals surface area contributed by atoms with Crippen LogP contribution in [0.2, 0.25) is 0 Å². The quantitative estimate of drug-likeness (QED) is 0.812. The van der Waals surface area contributed by atoms with Crippen LogP contribution in [-0.2, 0) is 16.6 Å². The maximum Gasteiger partial charge on any atom is 0.335 e. The Labute approximate surface area is 145 Å². The number of carboxylic acids is 1. The lowest BCUT2D eigenvalue weighted by Gasteiger charge is -2.16. The van der Waals surface area contributed by atoms with E-state index in [0.717, 1.165) is 24.0 Å². The van der Waals surface area contributed by atoms with E-state index < -0.39 is 5.97 Å². The predicted molar refractivity (Wildman–Crippen MR) is 92.0 cm³/mol. The molecule has 1 aliphatic rings. The van der Waals surface area contributed by atoms with Crippen molar-refractivity contribution in [2.24, 2.45) is 0 Å². The first-order valence-electron chi connectivity index (χ1n) is 8.33. The molecule has 0 saturated heterocycles. The number of carbonyl (C=O) groups is 2. The summed E-state index contributed by atoms with van der Waals surface area (Å²) in [4.78, 5) is 22.9. The van der Waals surface area contributed by atoms with Crippen molar-refractivity contribution in [2.75, 3.05) is 6.54 Å². The van der Waals surface area contributed by atoms with Crippen LogP contribution in [0.4, 0.5) is 4.39 Å². The van der Waals surface area contributed by atoms with Gasteiger partial charge in [0, 0.05) is 18.4 Å². The second-order valence-corrected chi connectivity index (χ2v) is 6.57. The van der Waals surface area contributed by atoms with Crippen molar-refractivity contribution in [1.82, 2.24) is 5.32 Å². The first-order chi connectivity index (χ1) is 12.0. The number of carbonyl (C=O) groups excluding carboxylic acids is 1. The molecule has 130 valence electrons. The topological polar surface area (TPSA) is 66.4 Å². The number of aromatic carboxylic acids is 1. The first-order valence-corrected chi connectivity index (χ1v) is 8.33. The van der Waals surface area contributed by atoms with E-state index in [9.17, 15) is 14.0 Å². The summed E-state index contributed by atoms with van der Waals surface area (Å²) in [6.45, 7) is 0.565. The summed E-state index contributed by atoms with van der Waals surface area (Å²) in [7, 11) is 0. The third-order valence-electron chi connectivity index (χ3n) is 4.78. The minimum Gasteiger partial charge on any atom is -0.478 e. The van der Waals surface area contributed by atoms with Gasteiger partial charge in [0.25, 0.3) is 0 Å². The fraction of sp³-hybridized carbons (Fsp3) is 0.300. The summed E-state index contributed by atoms with van der Waals surface area (Å²) in [6, 6.07) is 13.1.